The first-order valence-corrected chi connectivity index (χ1v) is 9.46. The molecule has 0 spiro atoms. The molecule has 2 heteroatoms. The van der Waals surface area contributed by atoms with Crippen molar-refractivity contribution in [3.8, 4) is 0 Å². The van der Waals surface area contributed by atoms with Gasteiger partial charge in [0.25, 0.3) is 0 Å². The van der Waals surface area contributed by atoms with Crippen molar-refractivity contribution in [3.63, 3.8) is 0 Å². The van der Waals surface area contributed by atoms with Crippen LogP contribution in [0.15, 0.2) is 72.3 Å². The molecule has 0 N–H and O–H groups in total. The zero-order valence-corrected chi connectivity index (χ0v) is 14.7. The predicted molar refractivity (Wildman–Crippen MR) is 93.9 cm³/mol. The molecule has 2 aromatic rings. The summed E-state index contributed by atoms with van der Waals surface area (Å²) in [6.07, 6.45) is 4.79. The second kappa shape index (κ2) is 8.37. The number of hydrogen-bond donors (Lipinski definition) is 0. The lowest BCUT2D eigenvalue weighted by atomic mass is 10.3. The normalized spacial score (nSPS) is 10.6. The number of rotatable bonds is 5. The highest BCUT2D eigenvalue weighted by Crippen LogP contribution is 2.56. The molecular weight excluding hydrogens is 295 g/mol. The van der Waals surface area contributed by atoms with Gasteiger partial charge in [-0.3, -0.25) is 0 Å². The number of halogens is 1. The zero-order chi connectivity index (χ0) is 14.4. The molecule has 112 valence electrons. The van der Waals surface area contributed by atoms with E-state index >= 15 is 0 Å². The van der Waals surface area contributed by atoms with E-state index in [4.69, 9.17) is 0 Å². The predicted octanol–water partition coefficient (Wildman–Crippen LogP) is 1.65. The molecule has 0 nitrogen and oxygen atoms in total. The van der Waals surface area contributed by atoms with Gasteiger partial charge in [0.05, 0.1) is 30.2 Å². The van der Waals surface area contributed by atoms with Crippen molar-refractivity contribution >= 4 is 17.9 Å². The van der Waals surface area contributed by atoms with Crippen LogP contribution in [0, 0.1) is 0 Å². The summed E-state index contributed by atoms with van der Waals surface area (Å²) in [6.45, 7) is 6.73. The number of allylic oxidation sites excluding steroid dienone is 2. The average molecular weight is 319 g/mol. The van der Waals surface area contributed by atoms with Gasteiger partial charge in [0, 0.05) is 0 Å². The molecule has 0 bridgehead atoms. The molecule has 2 aromatic carbocycles. The van der Waals surface area contributed by atoms with Gasteiger partial charge < -0.3 is 12.4 Å². The van der Waals surface area contributed by atoms with Crippen LogP contribution in [0.4, 0.5) is 0 Å². The third-order valence-corrected chi connectivity index (χ3v) is 8.31. The van der Waals surface area contributed by atoms with Crippen molar-refractivity contribution in [1.82, 2.24) is 0 Å². The van der Waals surface area contributed by atoms with Crippen LogP contribution in [0.5, 0.6) is 0 Å². The molecule has 0 heterocycles. The molecule has 0 amide bonds. The third-order valence-electron chi connectivity index (χ3n) is 3.85. The molecular formula is C19H24ClP. The van der Waals surface area contributed by atoms with E-state index < -0.39 is 7.26 Å². The minimum absolute atomic E-state index is 0. The summed E-state index contributed by atoms with van der Waals surface area (Å²) in [5.74, 6) is 0. The molecule has 0 saturated heterocycles. The van der Waals surface area contributed by atoms with Gasteiger partial charge in [-0.15, -0.1) is 0 Å². The molecule has 0 aliphatic rings. The van der Waals surface area contributed by atoms with Gasteiger partial charge in [-0.25, -0.2) is 0 Å². The summed E-state index contributed by atoms with van der Waals surface area (Å²) in [6, 6.07) is 22.1. The van der Waals surface area contributed by atoms with Crippen LogP contribution in [-0.2, 0) is 0 Å². The highest BCUT2D eigenvalue weighted by atomic mass is 35.5. The smallest absolute Gasteiger partial charge is 0.0995 e. The van der Waals surface area contributed by atoms with Gasteiger partial charge in [0.2, 0.25) is 0 Å². The van der Waals surface area contributed by atoms with Crippen LogP contribution in [-0.4, -0.2) is 12.3 Å². The quantitative estimate of drug-likeness (QED) is 0.581. The van der Waals surface area contributed by atoms with E-state index in [1.54, 1.807) is 0 Å². The maximum absolute atomic E-state index is 2.41. The van der Waals surface area contributed by atoms with Gasteiger partial charge >= 0.3 is 0 Å². The summed E-state index contributed by atoms with van der Waals surface area (Å²) in [5, 5.41) is 3.04. The van der Waals surface area contributed by atoms with E-state index in [9.17, 15) is 0 Å². The van der Waals surface area contributed by atoms with Crippen LogP contribution in [0.3, 0.4) is 0 Å². The molecule has 0 radical (unpaired) electrons. The number of hydrogen-bond acceptors (Lipinski definition) is 0. The van der Waals surface area contributed by atoms with Gasteiger partial charge in [-0.05, 0) is 51.1 Å². The van der Waals surface area contributed by atoms with Crippen molar-refractivity contribution < 1.29 is 12.4 Å². The largest absolute Gasteiger partial charge is 1.00 e. The third kappa shape index (κ3) is 4.19. The number of benzene rings is 2. The van der Waals surface area contributed by atoms with Crippen LogP contribution < -0.4 is 23.0 Å². The fourth-order valence-electron chi connectivity index (χ4n) is 2.62. The van der Waals surface area contributed by atoms with E-state index in [0.717, 1.165) is 0 Å². The second-order valence-corrected chi connectivity index (χ2v) is 9.39. The van der Waals surface area contributed by atoms with Crippen molar-refractivity contribution in [2.75, 3.05) is 12.3 Å². The van der Waals surface area contributed by atoms with Gasteiger partial charge in [-0.2, -0.15) is 0 Å². The summed E-state index contributed by atoms with van der Waals surface area (Å²) in [7, 11) is -1.31. The minimum Gasteiger partial charge on any atom is -1.00 e. The molecule has 0 aliphatic heterocycles. The minimum atomic E-state index is -1.31. The first kappa shape index (κ1) is 18.0. The lowest BCUT2D eigenvalue weighted by Gasteiger charge is -2.25. The molecule has 21 heavy (non-hydrogen) atoms. The van der Waals surface area contributed by atoms with Crippen molar-refractivity contribution in [3.05, 3.63) is 72.3 Å². The fourth-order valence-corrected chi connectivity index (χ4v) is 6.49. The molecule has 0 fully saturated rings. The summed E-state index contributed by atoms with van der Waals surface area (Å²) >= 11 is 0. The first-order chi connectivity index (χ1) is 9.69. The average Bonchev–Trinajstić information content (AvgIpc) is 2.50. The molecule has 0 aromatic heterocycles. The van der Waals surface area contributed by atoms with Crippen molar-refractivity contribution in [1.29, 1.82) is 0 Å². The summed E-state index contributed by atoms with van der Waals surface area (Å²) < 4.78 is 0. The Balaban J connectivity index is 0.00000220. The molecule has 0 unspecified atom stereocenters. The van der Waals surface area contributed by atoms with E-state index in [1.807, 2.05) is 0 Å². The van der Waals surface area contributed by atoms with Crippen molar-refractivity contribution in [2.24, 2.45) is 0 Å². The zero-order valence-electron chi connectivity index (χ0n) is 13.1. The van der Waals surface area contributed by atoms with Crippen LogP contribution in [0.2, 0.25) is 0 Å². The summed E-state index contributed by atoms with van der Waals surface area (Å²) in [4.78, 5) is 0. The lowest BCUT2D eigenvalue weighted by molar-refractivity contribution is -0.00000420. The highest BCUT2D eigenvalue weighted by Gasteiger charge is 2.39. The van der Waals surface area contributed by atoms with E-state index in [1.165, 1.54) is 28.5 Å². The molecule has 2 rings (SSSR count). The van der Waals surface area contributed by atoms with Crippen molar-refractivity contribution in [2.45, 2.75) is 20.8 Å². The maximum Gasteiger partial charge on any atom is 0.0995 e. The maximum atomic E-state index is 2.41. The van der Waals surface area contributed by atoms with Crippen LogP contribution in [0.1, 0.15) is 20.8 Å². The monoisotopic (exact) mass is 318 g/mol. The Labute approximate surface area is 136 Å². The SMILES string of the molecule is CC[P+](CC=C(C)C)(c1ccccc1)c1ccccc1.[Cl-]. The Kier molecular flexibility index (Phi) is 7.15. The molecule has 0 aliphatic carbocycles. The highest BCUT2D eigenvalue weighted by molar-refractivity contribution is 7.89. The van der Waals surface area contributed by atoms with Gasteiger partial charge in [-0.1, -0.05) is 42.0 Å². The Morgan fingerprint density at radius 1 is 0.857 bits per heavy atom. The van der Waals surface area contributed by atoms with Gasteiger partial charge in [0.15, 0.2) is 0 Å². The molecule has 0 saturated carbocycles. The Morgan fingerprint density at radius 2 is 1.29 bits per heavy atom. The fraction of sp³-hybridized carbons (Fsp3) is 0.263. The first-order valence-electron chi connectivity index (χ1n) is 7.31. The Morgan fingerprint density at radius 3 is 1.62 bits per heavy atom. The topological polar surface area (TPSA) is 0 Å². The van der Waals surface area contributed by atoms with E-state index in [0.29, 0.717) is 0 Å². The molecule has 0 atom stereocenters. The van der Waals surface area contributed by atoms with E-state index in [-0.39, 0.29) is 12.4 Å². The second-order valence-electron chi connectivity index (χ2n) is 5.42. The Bertz CT molecular complexity index is 517. The lowest BCUT2D eigenvalue weighted by Crippen LogP contribution is -3.00. The van der Waals surface area contributed by atoms with Crippen LogP contribution >= 0.6 is 7.26 Å². The Hall–Kier alpha value is -1.10. The van der Waals surface area contributed by atoms with Crippen LogP contribution in [0.25, 0.3) is 0 Å². The van der Waals surface area contributed by atoms with Gasteiger partial charge in [0.1, 0.15) is 0 Å². The van der Waals surface area contributed by atoms with E-state index in [2.05, 4.69) is 87.5 Å². The summed E-state index contributed by atoms with van der Waals surface area (Å²) in [5.41, 5.74) is 1.41. The standard InChI is InChI=1S/C19H24P.ClH/c1-4-20(16-15-17(2)3,18-11-7-5-8-12-18)19-13-9-6-10-14-19;/h5-15H,4,16H2,1-3H3;1H/q+1;/p-1.